The van der Waals surface area contributed by atoms with Gasteiger partial charge in [-0.25, -0.2) is 0 Å². The van der Waals surface area contributed by atoms with Gasteiger partial charge in [-0.05, 0) is 38.1 Å². The molecular formula is C14H22ClNO3. The highest BCUT2D eigenvalue weighted by molar-refractivity contribution is 6.32. The van der Waals surface area contributed by atoms with Crippen LogP contribution in [0.2, 0.25) is 5.02 Å². The maximum Gasteiger partial charge on any atom is 0.180 e. The van der Waals surface area contributed by atoms with E-state index in [1.54, 1.807) is 21.0 Å². The summed E-state index contributed by atoms with van der Waals surface area (Å²) in [7, 11) is 1.57. The van der Waals surface area contributed by atoms with Crippen LogP contribution in [0, 0.1) is 0 Å². The number of ether oxygens (including phenoxy) is 2. The Balaban J connectivity index is 2.97. The van der Waals surface area contributed by atoms with Gasteiger partial charge in [-0.2, -0.15) is 0 Å². The van der Waals surface area contributed by atoms with Gasteiger partial charge in [-0.15, -0.1) is 0 Å². The van der Waals surface area contributed by atoms with Crippen LogP contribution < -0.4 is 14.8 Å². The largest absolute Gasteiger partial charge is 0.493 e. The summed E-state index contributed by atoms with van der Waals surface area (Å²) in [6.07, 6.45) is -0.937. The molecule has 1 aromatic carbocycles. The van der Waals surface area contributed by atoms with E-state index in [-0.39, 0.29) is 6.10 Å². The predicted molar refractivity (Wildman–Crippen MR) is 77.2 cm³/mol. The molecule has 0 aromatic heterocycles. The molecule has 108 valence electrons. The van der Waals surface area contributed by atoms with E-state index in [0.717, 1.165) is 18.7 Å². The molecule has 0 aliphatic rings. The fourth-order valence-corrected chi connectivity index (χ4v) is 1.82. The molecule has 1 aromatic rings. The van der Waals surface area contributed by atoms with Crippen molar-refractivity contribution in [2.24, 2.45) is 0 Å². The zero-order chi connectivity index (χ0) is 14.4. The molecule has 0 bridgehead atoms. The number of aliphatic hydroxyl groups is 1. The van der Waals surface area contributed by atoms with Crippen molar-refractivity contribution in [2.75, 3.05) is 13.7 Å². The number of methoxy groups -OCH3 is 1. The van der Waals surface area contributed by atoms with Gasteiger partial charge in [-0.1, -0.05) is 18.5 Å². The summed E-state index contributed by atoms with van der Waals surface area (Å²) >= 11 is 6.23. The average molecular weight is 288 g/mol. The third-order valence-electron chi connectivity index (χ3n) is 2.85. The van der Waals surface area contributed by atoms with Crippen LogP contribution in [0.5, 0.6) is 11.5 Å². The number of rotatable bonds is 7. The Kier molecular flexibility index (Phi) is 6.42. The molecule has 0 aliphatic carbocycles. The van der Waals surface area contributed by atoms with E-state index in [1.165, 1.54) is 0 Å². The highest BCUT2D eigenvalue weighted by Crippen LogP contribution is 2.37. The van der Waals surface area contributed by atoms with Crippen molar-refractivity contribution in [3.05, 3.63) is 22.7 Å². The number of benzene rings is 1. The maximum atomic E-state index is 9.49. The summed E-state index contributed by atoms with van der Waals surface area (Å²) in [5.74, 6) is 1.05. The monoisotopic (exact) mass is 287 g/mol. The summed E-state index contributed by atoms with van der Waals surface area (Å²) in [6, 6.07) is 3.73. The lowest BCUT2D eigenvalue weighted by Crippen LogP contribution is -2.26. The first kappa shape index (κ1) is 16.1. The molecule has 4 nitrogen and oxygen atoms in total. The lowest BCUT2D eigenvalue weighted by atomic mass is 10.2. The van der Waals surface area contributed by atoms with Crippen LogP contribution in [0.3, 0.4) is 0 Å². The van der Waals surface area contributed by atoms with Crippen LogP contribution in [0.1, 0.15) is 26.3 Å². The Hall–Kier alpha value is -0.970. The molecule has 0 spiro atoms. The van der Waals surface area contributed by atoms with E-state index in [1.807, 2.05) is 19.1 Å². The van der Waals surface area contributed by atoms with Gasteiger partial charge in [0.15, 0.2) is 11.5 Å². The maximum absolute atomic E-state index is 9.49. The zero-order valence-electron chi connectivity index (χ0n) is 11.9. The molecule has 0 aliphatic heterocycles. The molecule has 2 unspecified atom stereocenters. The van der Waals surface area contributed by atoms with E-state index < -0.39 is 6.10 Å². The lowest BCUT2D eigenvalue weighted by Gasteiger charge is -2.20. The fourth-order valence-electron chi connectivity index (χ4n) is 1.54. The summed E-state index contributed by atoms with van der Waals surface area (Å²) in [4.78, 5) is 0. The van der Waals surface area contributed by atoms with Gasteiger partial charge in [0.05, 0.1) is 18.2 Å². The summed E-state index contributed by atoms with van der Waals surface area (Å²) < 4.78 is 11.0. The first-order chi connectivity index (χ1) is 8.99. The van der Waals surface area contributed by atoms with Gasteiger partial charge in [0.25, 0.3) is 0 Å². The number of halogens is 1. The summed E-state index contributed by atoms with van der Waals surface area (Å²) in [6.45, 7) is 7.11. The molecule has 0 radical (unpaired) electrons. The minimum absolute atomic E-state index is 0.356. The molecular weight excluding hydrogens is 266 g/mol. The second-order valence-electron chi connectivity index (χ2n) is 4.45. The van der Waals surface area contributed by atoms with Gasteiger partial charge in [0, 0.05) is 6.54 Å². The van der Waals surface area contributed by atoms with Crippen LogP contribution >= 0.6 is 11.6 Å². The van der Waals surface area contributed by atoms with Crippen LogP contribution in [-0.2, 0) is 6.54 Å². The van der Waals surface area contributed by atoms with Crippen molar-refractivity contribution in [1.29, 1.82) is 0 Å². The predicted octanol–water partition coefficient (Wildman–Crippen LogP) is 2.61. The highest BCUT2D eigenvalue weighted by Gasteiger charge is 2.17. The first-order valence-corrected chi connectivity index (χ1v) is 6.79. The van der Waals surface area contributed by atoms with Crippen molar-refractivity contribution in [1.82, 2.24) is 5.32 Å². The standard InChI is InChI=1S/C14H22ClNO3/c1-5-16-8-11-6-12(15)14(13(7-11)18-4)19-10(3)9(2)17/h6-7,9-10,16-17H,5,8H2,1-4H3. The molecule has 0 amide bonds. The van der Waals surface area contributed by atoms with Gasteiger partial charge in [-0.3, -0.25) is 0 Å². The highest BCUT2D eigenvalue weighted by atomic mass is 35.5. The van der Waals surface area contributed by atoms with E-state index in [0.29, 0.717) is 16.5 Å². The van der Waals surface area contributed by atoms with Crippen molar-refractivity contribution in [3.8, 4) is 11.5 Å². The molecule has 2 atom stereocenters. The third-order valence-corrected chi connectivity index (χ3v) is 3.13. The zero-order valence-corrected chi connectivity index (χ0v) is 12.6. The van der Waals surface area contributed by atoms with E-state index >= 15 is 0 Å². The second-order valence-corrected chi connectivity index (χ2v) is 4.86. The minimum Gasteiger partial charge on any atom is -0.493 e. The van der Waals surface area contributed by atoms with Crippen LogP contribution in [0.25, 0.3) is 0 Å². The van der Waals surface area contributed by atoms with Gasteiger partial charge < -0.3 is 19.9 Å². The van der Waals surface area contributed by atoms with Crippen molar-refractivity contribution in [3.63, 3.8) is 0 Å². The molecule has 0 heterocycles. The normalized spacial score (nSPS) is 14.0. The average Bonchev–Trinajstić information content (AvgIpc) is 2.38. The molecule has 0 saturated carbocycles. The second kappa shape index (κ2) is 7.58. The SMILES string of the molecule is CCNCc1cc(Cl)c(OC(C)C(C)O)c(OC)c1. The van der Waals surface area contributed by atoms with Gasteiger partial charge in [0.1, 0.15) is 6.10 Å². The van der Waals surface area contributed by atoms with Gasteiger partial charge >= 0.3 is 0 Å². The van der Waals surface area contributed by atoms with Crippen molar-refractivity contribution >= 4 is 11.6 Å². The van der Waals surface area contributed by atoms with Crippen LogP contribution in [0.4, 0.5) is 0 Å². The Bertz CT molecular complexity index is 410. The fraction of sp³-hybridized carbons (Fsp3) is 0.571. The van der Waals surface area contributed by atoms with Gasteiger partial charge in [0.2, 0.25) is 0 Å². The van der Waals surface area contributed by atoms with Crippen LogP contribution in [-0.4, -0.2) is 31.0 Å². The number of hydrogen-bond acceptors (Lipinski definition) is 4. The van der Waals surface area contributed by atoms with Crippen molar-refractivity contribution < 1.29 is 14.6 Å². The van der Waals surface area contributed by atoms with Crippen molar-refractivity contribution in [2.45, 2.75) is 39.5 Å². The lowest BCUT2D eigenvalue weighted by molar-refractivity contribution is 0.0587. The molecule has 0 saturated heterocycles. The Morgan fingerprint density at radius 1 is 1.37 bits per heavy atom. The number of nitrogens with one attached hydrogen (secondary N) is 1. The van der Waals surface area contributed by atoms with E-state index in [4.69, 9.17) is 21.1 Å². The Morgan fingerprint density at radius 2 is 2.05 bits per heavy atom. The summed E-state index contributed by atoms with van der Waals surface area (Å²) in [5.41, 5.74) is 1.03. The molecule has 0 fully saturated rings. The smallest absolute Gasteiger partial charge is 0.180 e. The molecule has 5 heteroatoms. The van der Waals surface area contributed by atoms with Crippen LogP contribution in [0.15, 0.2) is 12.1 Å². The molecule has 1 rings (SSSR count). The topological polar surface area (TPSA) is 50.7 Å². The Morgan fingerprint density at radius 3 is 2.58 bits per heavy atom. The minimum atomic E-state index is -0.581. The summed E-state index contributed by atoms with van der Waals surface area (Å²) in [5, 5.41) is 13.2. The Labute approximate surface area is 119 Å². The van der Waals surface area contributed by atoms with E-state index in [9.17, 15) is 5.11 Å². The molecule has 19 heavy (non-hydrogen) atoms. The number of hydrogen-bond donors (Lipinski definition) is 2. The van der Waals surface area contributed by atoms with E-state index in [2.05, 4.69) is 5.32 Å². The quantitative estimate of drug-likeness (QED) is 0.809. The molecule has 2 N–H and O–H groups in total. The third kappa shape index (κ3) is 4.56. The first-order valence-electron chi connectivity index (χ1n) is 6.41. The number of aliphatic hydroxyl groups excluding tert-OH is 1.